The van der Waals surface area contributed by atoms with Crippen molar-refractivity contribution in [2.45, 2.75) is 39.3 Å². The van der Waals surface area contributed by atoms with Crippen LogP contribution in [0.5, 0.6) is 0 Å². The van der Waals surface area contributed by atoms with Crippen LogP contribution in [0.4, 0.5) is 5.69 Å². The SMILES string of the molecule is CCN(CC(C)(C)O)c1ccccc1C(C)NC. The van der Waals surface area contributed by atoms with Gasteiger partial charge in [0.2, 0.25) is 0 Å². The number of nitrogens with one attached hydrogen (secondary N) is 1. The summed E-state index contributed by atoms with van der Waals surface area (Å²) in [6.45, 7) is 9.48. The third-order valence-electron chi connectivity index (χ3n) is 3.14. The number of nitrogens with zero attached hydrogens (tertiary/aromatic N) is 1. The van der Waals surface area contributed by atoms with E-state index in [4.69, 9.17) is 0 Å². The predicted molar refractivity (Wildman–Crippen MR) is 78.1 cm³/mol. The minimum absolute atomic E-state index is 0.303. The Hall–Kier alpha value is -1.06. The van der Waals surface area contributed by atoms with Crippen molar-refractivity contribution < 1.29 is 5.11 Å². The van der Waals surface area contributed by atoms with Gasteiger partial charge in [-0.2, -0.15) is 0 Å². The Morgan fingerprint density at radius 2 is 1.94 bits per heavy atom. The summed E-state index contributed by atoms with van der Waals surface area (Å²) in [5.74, 6) is 0. The molecule has 3 nitrogen and oxygen atoms in total. The van der Waals surface area contributed by atoms with E-state index in [1.54, 1.807) is 0 Å². The van der Waals surface area contributed by atoms with Crippen LogP contribution in [-0.2, 0) is 0 Å². The molecule has 0 radical (unpaired) electrons. The molecule has 102 valence electrons. The van der Waals surface area contributed by atoms with Gasteiger partial charge in [-0.25, -0.2) is 0 Å². The minimum atomic E-state index is -0.688. The van der Waals surface area contributed by atoms with Gasteiger partial charge in [-0.15, -0.1) is 0 Å². The quantitative estimate of drug-likeness (QED) is 0.814. The van der Waals surface area contributed by atoms with Crippen molar-refractivity contribution in [3.63, 3.8) is 0 Å². The van der Waals surface area contributed by atoms with Crippen molar-refractivity contribution in [2.75, 3.05) is 25.0 Å². The summed E-state index contributed by atoms with van der Waals surface area (Å²) in [6.07, 6.45) is 0. The second kappa shape index (κ2) is 6.21. The van der Waals surface area contributed by atoms with Crippen molar-refractivity contribution in [2.24, 2.45) is 0 Å². The van der Waals surface area contributed by atoms with E-state index in [-0.39, 0.29) is 0 Å². The molecule has 1 aromatic carbocycles. The third kappa shape index (κ3) is 4.00. The largest absolute Gasteiger partial charge is 0.389 e. The van der Waals surface area contributed by atoms with E-state index < -0.39 is 5.60 Å². The lowest BCUT2D eigenvalue weighted by atomic mass is 10.0. The first-order valence-electron chi connectivity index (χ1n) is 6.62. The molecule has 0 saturated heterocycles. The summed E-state index contributed by atoms with van der Waals surface area (Å²) in [7, 11) is 1.97. The molecule has 0 aromatic heterocycles. The first-order chi connectivity index (χ1) is 8.39. The Kier molecular flexibility index (Phi) is 5.17. The average Bonchev–Trinajstić information content (AvgIpc) is 2.34. The molecule has 0 fully saturated rings. The van der Waals surface area contributed by atoms with Gasteiger partial charge < -0.3 is 15.3 Å². The summed E-state index contributed by atoms with van der Waals surface area (Å²) in [6, 6.07) is 8.68. The van der Waals surface area contributed by atoms with Crippen molar-refractivity contribution in [3.05, 3.63) is 29.8 Å². The van der Waals surface area contributed by atoms with Crippen molar-refractivity contribution >= 4 is 5.69 Å². The summed E-state index contributed by atoms with van der Waals surface area (Å²) < 4.78 is 0. The van der Waals surface area contributed by atoms with Crippen LogP contribution < -0.4 is 10.2 Å². The van der Waals surface area contributed by atoms with Gasteiger partial charge in [0.1, 0.15) is 0 Å². The van der Waals surface area contributed by atoms with Gasteiger partial charge in [-0.3, -0.25) is 0 Å². The predicted octanol–water partition coefficient (Wildman–Crippen LogP) is 2.56. The fourth-order valence-corrected chi connectivity index (χ4v) is 2.13. The molecule has 0 heterocycles. The molecule has 0 aliphatic heterocycles. The number of anilines is 1. The van der Waals surface area contributed by atoms with Crippen molar-refractivity contribution in [1.29, 1.82) is 0 Å². The lowest BCUT2D eigenvalue weighted by Crippen LogP contribution is -2.39. The Morgan fingerprint density at radius 3 is 2.44 bits per heavy atom. The Balaban J connectivity index is 3.05. The van der Waals surface area contributed by atoms with Gasteiger partial charge >= 0.3 is 0 Å². The molecule has 1 unspecified atom stereocenters. The van der Waals surface area contributed by atoms with Gasteiger partial charge in [0, 0.05) is 24.8 Å². The third-order valence-corrected chi connectivity index (χ3v) is 3.14. The molecule has 1 aromatic rings. The van der Waals surface area contributed by atoms with Gasteiger partial charge in [-0.05, 0) is 46.4 Å². The smallest absolute Gasteiger partial charge is 0.0765 e. The molecular weight excluding hydrogens is 224 g/mol. The molecule has 0 bridgehead atoms. The molecule has 0 amide bonds. The molecule has 0 saturated carbocycles. The summed E-state index contributed by atoms with van der Waals surface area (Å²) in [4.78, 5) is 2.23. The van der Waals surface area contributed by atoms with Crippen molar-refractivity contribution in [1.82, 2.24) is 5.32 Å². The van der Waals surface area contributed by atoms with Crippen LogP contribution in [0, 0.1) is 0 Å². The van der Waals surface area contributed by atoms with Crippen LogP contribution in [0.1, 0.15) is 39.3 Å². The highest BCUT2D eigenvalue weighted by molar-refractivity contribution is 5.55. The highest BCUT2D eigenvalue weighted by Gasteiger charge is 2.20. The topological polar surface area (TPSA) is 35.5 Å². The fraction of sp³-hybridized carbons (Fsp3) is 0.600. The standard InChI is InChI=1S/C15H26N2O/c1-6-17(11-15(3,4)18)14-10-8-7-9-13(14)12(2)16-5/h7-10,12,16,18H,6,11H2,1-5H3. The second-order valence-corrected chi connectivity index (χ2v) is 5.40. The fourth-order valence-electron chi connectivity index (χ4n) is 2.13. The Labute approximate surface area is 111 Å². The normalized spacial score (nSPS) is 13.4. The van der Waals surface area contributed by atoms with E-state index in [2.05, 4.69) is 42.3 Å². The molecule has 0 aliphatic rings. The summed E-state index contributed by atoms with van der Waals surface area (Å²) >= 11 is 0. The molecule has 0 aliphatic carbocycles. The Bertz CT molecular complexity index is 371. The maximum Gasteiger partial charge on any atom is 0.0765 e. The first-order valence-corrected chi connectivity index (χ1v) is 6.62. The van der Waals surface area contributed by atoms with Crippen LogP contribution in [0.25, 0.3) is 0 Å². The summed E-state index contributed by atoms with van der Waals surface area (Å²) in [5.41, 5.74) is 1.78. The molecule has 18 heavy (non-hydrogen) atoms. The van der Waals surface area contributed by atoms with Gasteiger partial charge in [0.05, 0.1) is 5.60 Å². The van der Waals surface area contributed by atoms with Crippen LogP contribution >= 0.6 is 0 Å². The monoisotopic (exact) mass is 250 g/mol. The Morgan fingerprint density at radius 1 is 1.33 bits per heavy atom. The van der Waals surface area contributed by atoms with Crippen LogP contribution in [0.3, 0.4) is 0 Å². The number of hydrogen-bond acceptors (Lipinski definition) is 3. The lowest BCUT2D eigenvalue weighted by molar-refractivity contribution is 0.0875. The van der Waals surface area contributed by atoms with E-state index in [1.165, 1.54) is 11.3 Å². The molecule has 2 N–H and O–H groups in total. The number of aliphatic hydroxyl groups is 1. The van der Waals surface area contributed by atoms with E-state index in [0.29, 0.717) is 12.6 Å². The lowest BCUT2D eigenvalue weighted by Gasteiger charge is -2.32. The first kappa shape index (κ1) is 15.0. The van der Waals surface area contributed by atoms with Gasteiger partial charge in [0.15, 0.2) is 0 Å². The van der Waals surface area contributed by atoms with Gasteiger partial charge in [0.25, 0.3) is 0 Å². The zero-order chi connectivity index (χ0) is 13.8. The van der Waals surface area contributed by atoms with Crippen molar-refractivity contribution in [3.8, 4) is 0 Å². The number of likely N-dealkylation sites (N-methyl/N-ethyl adjacent to an activating group) is 1. The zero-order valence-corrected chi connectivity index (χ0v) is 12.2. The average molecular weight is 250 g/mol. The van der Waals surface area contributed by atoms with Crippen LogP contribution in [0.2, 0.25) is 0 Å². The summed E-state index contributed by atoms with van der Waals surface area (Å²) in [5, 5.41) is 13.3. The van der Waals surface area contributed by atoms with E-state index in [9.17, 15) is 5.11 Å². The number of hydrogen-bond donors (Lipinski definition) is 2. The maximum atomic E-state index is 10.0. The van der Waals surface area contributed by atoms with Gasteiger partial charge in [-0.1, -0.05) is 18.2 Å². The molecular formula is C15H26N2O. The number of benzene rings is 1. The number of rotatable bonds is 6. The second-order valence-electron chi connectivity index (χ2n) is 5.40. The highest BCUT2D eigenvalue weighted by Crippen LogP contribution is 2.27. The number of para-hydroxylation sites is 1. The molecule has 0 spiro atoms. The highest BCUT2D eigenvalue weighted by atomic mass is 16.3. The molecule has 1 rings (SSSR count). The van der Waals surface area contributed by atoms with Crippen LogP contribution in [0.15, 0.2) is 24.3 Å². The maximum absolute atomic E-state index is 10.0. The van der Waals surface area contributed by atoms with E-state index in [1.807, 2.05) is 27.0 Å². The molecule has 1 atom stereocenters. The zero-order valence-electron chi connectivity index (χ0n) is 12.2. The van der Waals surface area contributed by atoms with E-state index >= 15 is 0 Å². The molecule has 3 heteroatoms. The van der Waals surface area contributed by atoms with Crippen LogP contribution in [-0.4, -0.2) is 30.8 Å². The van der Waals surface area contributed by atoms with E-state index in [0.717, 1.165) is 6.54 Å². The minimum Gasteiger partial charge on any atom is -0.389 e.